The van der Waals surface area contributed by atoms with Crippen molar-refractivity contribution in [2.75, 3.05) is 26.2 Å². The van der Waals surface area contributed by atoms with Gasteiger partial charge in [-0.05, 0) is 34.6 Å². The Balaban J connectivity index is 4.20. The molecule has 0 aromatic rings. The molecule has 0 atom stereocenters. The average molecular weight is 288 g/mol. The number of carbonyl (C=O) groups excluding carboxylic acids is 2. The molecule has 0 aliphatic rings. The van der Waals surface area contributed by atoms with Crippen LogP contribution < -0.4 is 5.73 Å². The van der Waals surface area contributed by atoms with Gasteiger partial charge in [0.1, 0.15) is 5.60 Å². The van der Waals surface area contributed by atoms with Crippen LogP contribution in [0.1, 0.15) is 41.0 Å². The fourth-order valence-corrected chi connectivity index (χ4v) is 1.58. The number of ether oxygens (including phenoxy) is 2. The quantitative estimate of drug-likeness (QED) is 0.669. The molecule has 0 aromatic heterocycles. The Bertz CT molecular complexity index is 311. The van der Waals surface area contributed by atoms with Crippen LogP contribution in [0.5, 0.6) is 0 Å². The van der Waals surface area contributed by atoms with E-state index in [-0.39, 0.29) is 31.0 Å². The number of esters is 2. The molecule has 6 nitrogen and oxygen atoms in total. The summed E-state index contributed by atoms with van der Waals surface area (Å²) in [6, 6.07) is 0. The lowest BCUT2D eigenvalue weighted by Crippen LogP contribution is -2.37. The number of rotatable bonds is 8. The van der Waals surface area contributed by atoms with Crippen molar-refractivity contribution in [3.8, 4) is 0 Å². The largest absolute Gasteiger partial charge is 0.462 e. The van der Waals surface area contributed by atoms with Crippen molar-refractivity contribution in [3.05, 3.63) is 0 Å². The maximum atomic E-state index is 11.6. The fourth-order valence-electron chi connectivity index (χ4n) is 1.58. The minimum atomic E-state index is -0.494. The molecule has 0 saturated heterocycles. The van der Waals surface area contributed by atoms with Crippen LogP contribution in [-0.4, -0.2) is 54.7 Å². The molecule has 0 aliphatic heterocycles. The van der Waals surface area contributed by atoms with E-state index in [0.29, 0.717) is 19.6 Å². The number of carbonyl (C=O) groups is 2. The summed E-state index contributed by atoms with van der Waals surface area (Å²) in [5.74, 6) is -0.589. The number of hydrogen-bond acceptors (Lipinski definition) is 6. The summed E-state index contributed by atoms with van der Waals surface area (Å²) in [5.41, 5.74) is 5.01. The van der Waals surface area contributed by atoms with Gasteiger partial charge in [-0.15, -0.1) is 0 Å². The molecule has 20 heavy (non-hydrogen) atoms. The van der Waals surface area contributed by atoms with E-state index in [9.17, 15) is 9.59 Å². The van der Waals surface area contributed by atoms with Crippen LogP contribution in [0.15, 0.2) is 0 Å². The van der Waals surface area contributed by atoms with Gasteiger partial charge >= 0.3 is 11.9 Å². The molecule has 0 bridgehead atoms. The molecule has 0 saturated carbocycles. The van der Waals surface area contributed by atoms with Crippen molar-refractivity contribution < 1.29 is 19.1 Å². The first-order valence-electron chi connectivity index (χ1n) is 6.98. The number of hydrogen-bond donors (Lipinski definition) is 1. The molecule has 0 radical (unpaired) electrons. The second-order valence-electron chi connectivity index (χ2n) is 5.94. The Kier molecular flexibility index (Phi) is 8.41. The van der Waals surface area contributed by atoms with Crippen molar-refractivity contribution in [1.82, 2.24) is 4.90 Å². The second-order valence-corrected chi connectivity index (χ2v) is 5.94. The lowest BCUT2D eigenvalue weighted by Gasteiger charge is -2.23. The van der Waals surface area contributed by atoms with E-state index < -0.39 is 5.60 Å². The highest BCUT2D eigenvalue weighted by Crippen LogP contribution is 2.08. The predicted octanol–water partition coefficient (Wildman–Crippen LogP) is 0.931. The van der Waals surface area contributed by atoms with Crippen molar-refractivity contribution in [2.24, 2.45) is 5.73 Å². The summed E-state index contributed by atoms with van der Waals surface area (Å²) in [6.45, 7) is 10.6. The fraction of sp³-hybridized carbons (Fsp3) is 0.857. The first kappa shape index (κ1) is 18.9. The van der Waals surface area contributed by atoms with E-state index in [1.807, 2.05) is 20.8 Å². The Morgan fingerprint density at radius 2 is 1.75 bits per heavy atom. The van der Waals surface area contributed by atoms with Crippen LogP contribution in [0, 0.1) is 0 Å². The van der Waals surface area contributed by atoms with Gasteiger partial charge in [-0.3, -0.25) is 14.5 Å². The minimum absolute atomic E-state index is 0.137. The Morgan fingerprint density at radius 1 is 1.15 bits per heavy atom. The Hall–Kier alpha value is -1.14. The molecule has 0 aromatic carbocycles. The van der Waals surface area contributed by atoms with E-state index in [0.717, 1.165) is 0 Å². The van der Waals surface area contributed by atoms with Crippen molar-refractivity contribution in [3.63, 3.8) is 0 Å². The molecule has 0 unspecified atom stereocenters. The molecule has 6 heteroatoms. The summed E-state index contributed by atoms with van der Waals surface area (Å²) >= 11 is 0. The Labute approximate surface area is 121 Å². The van der Waals surface area contributed by atoms with Gasteiger partial charge in [0.05, 0.1) is 19.1 Å². The SMILES string of the molecule is CC(C)OC(=O)CN(CCN)CCC(=O)OC(C)(C)C. The molecule has 0 fully saturated rings. The van der Waals surface area contributed by atoms with E-state index in [2.05, 4.69) is 0 Å². The highest BCUT2D eigenvalue weighted by atomic mass is 16.6. The first-order valence-corrected chi connectivity index (χ1v) is 6.98. The van der Waals surface area contributed by atoms with Crippen LogP contribution in [0.4, 0.5) is 0 Å². The molecule has 0 aliphatic carbocycles. The van der Waals surface area contributed by atoms with Crippen molar-refractivity contribution in [1.29, 1.82) is 0 Å². The third kappa shape index (κ3) is 10.8. The zero-order valence-electron chi connectivity index (χ0n) is 13.3. The van der Waals surface area contributed by atoms with E-state index in [4.69, 9.17) is 15.2 Å². The van der Waals surface area contributed by atoms with Gasteiger partial charge in [0.25, 0.3) is 0 Å². The second kappa shape index (κ2) is 8.92. The van der Waals surface area contributed by atoms with Gasteiger partial charge in [-0.25, -0.2) is 0 Å². The van der Waals surface area contributed by atoms with Gasteiger partial charge < -0.3 is 15.2 Å². The maximum absolute atomic E-state index is 11.6. The maximum Gasteiger partial charge on any atom is 0.320 e. The van der Waals surface area contributed by atoms with Crippen LogP contribution in [0.25, 0.3) is 0 Å². The van der Waals surface area contributed by atoms with Gasteiger partial charge in [-0.2, -0.15) is 0 Å². The van der Waals surface area contributed by atoms with E-state index >= 15 is 0 Å². The zero-order chi connectivity index (χ0) is 15.8. The van der Waals surface area contributed by atoms with Crippen LogP contribution in [-0.2, 0) is 19.1 Å². The zero-order valence-corrected chi connectivity index (χ0v) is 13.3. The van der Waals surface area contributed by atoms with Gasteiger partial charge in [-0.1, -0.05) is 0 Å². The smallest absolute Gasteiger partial charge is 0.320 e. The highest BCUT2D eigenvalue weighted by molar-refractivity contribution is 5.72. The van der Waals surface area contributed by atoms with Crippen LogP contribution >= 0.6 is 0 Å². The van der Waals surface area contributed by atoms with Crippen molar-refractivity contribution in [2.45, 2.75) is 52.7 Å². The topological polar surface area (TPSA) is 81.9 Å². The third-order valence-corrected chi connectivity index (χ3v) is 2.22. The molecule has 118 valence electrons. The summed E-state index contributed by atoms with van der Waals surface area (Å²) in [7, 11) is 0. The standard InChI is InChI=1S/C14H28N2O4/c1-11(2)19-13(18)10-16(9-7-15)8-6-12(17)20-14(3,4)5/h11H,6-10,15H2,1-5H3. The lowest BCUT2D eigenvalue weighted by molar-refractivity contribution is -0.156. The van der Waals surface area contributed by atoms with Gasteiger partial charge in [0, 0.05) is 19.6 Å². The summed E-state index contributed by atoms with van der Waals surface area (Å²) < 4.78 is 10.3. The molecule has 0 spiro atoms. The molecule has 0 amide bonds. The summed E-state index contributed by atoms with van der Waals surface area (Å²) in [6.07, 6.45) is 0.0831. The average Bonchev–Trinajstić information content (AvgIpc) is 2.22. The molecular formula is C14H28N2O4. The third-order valence-electron chi connectivity index (χ3n) is 2.22. The van der Waals surface area contributed by atoms with Gasteiger partial charge in [0.15, 0.2) is 0 Å². The van der Waals surface area contributed by atoms with Crippen LogP contribution in [0.2, 0.25) is 0 Å². The monoisotopic (exact) mass is 288 g/mol. The number of nitrogens with zero attached hydrogens (tertiary/aromatic N) is 1. The van der Waals surface area contributed by atoms with Gasteiger partial charge in [0.2, 0.25) is 0 Å². The summed E-state index contributed by atoms with van der Waals surface area (Å²) in [5, 5.41) is 0. The molecule has 2 N–H and O–H groups in total. The predicted molar refractivity (Wildman–Crippen MR) is 77.2 cm³/mol. The van der Waals surface area contributed by atoms with E-state index in [1.165, 1.54) is 0 Å². The normalized spacial score (nSPS) is 11.8. The number of nitrogens with two attached hydrogens (primary N) is 1. The van der Waals surface area contributed by atoms with Crippen LogP contribution in [0.3, 0.4) is 0 Å². The lowest BCUT2D eigenvalue weighted by atomic mass is 10.2. The molecule has 0 rings (SSSR count). The molecular weight excluding hydrogens is 260 g/mol. The molecule has 0 heterocycles. The minimum Gasteiger partial charge on any atom is -0.462 e. The Morgan fingerprint density at radius 3 is 2.20 bits per heavy atom. The van der Waals surface area contributed by atoms with Crippen molar-refractivity contribution >= 4 is 11.9 Å². The highest BCUT2D eigenvalue weighted by Gasteiger charge is 2.18. The van der Waals surface area contributed by atoms with E-state index in [1.54, 1.807) is 18.7 Å². The summed E-state index contributed by atoms with van der Waals surface area (Å²) in [4.78, 5) is 25.0. The first-order chi connectivity index (χ1) is 9.14.